The maximum atomic E-state index is 12.7. The number of nitrogens with one attached hydrogen (secondary N) is 1. The number of benzene rings is 2. The van der Waals surface area contributed by atoms with Crippen LogP contribution in [-0.2, 0) is 9.53 Å². The lowest BCUT2D eigenvalue weighted by Crippen LogP contribution is -2.21. The Labute approximate surface area is 202 Å². The summed E-state index contributed by atoms with van der Waals surface area (Å²) in [7, 11) is 0. The molecule has 0 atom stereocenters. The molecule has 0 spiro atoms. The summed E-state index contributed by atoms with van der Waals surface area (Å²) in [5, 5.41) is 5.09. The van der Waals surface area contributed by atoms with Gasteiger partial charge in [0, 0.05) is 19.9 Å². The van der Waals surface area contributed by atoms with E-state index in [4.69, 9.17) is 9.47 Å². The molecule has 8 heteroatoms. The van der Waals surface area contributed by atoms with Crippen LogP contribution in [-0.4, -0.2) is 25.1 Å². The van der Waals surface area contributed by atoms with Crippen LogP contribution in [0.2, 0.25) is 0 Å². The van der Waals surface area contributed by atoms with Gasteiger partial charge >= 0.3 is 5.97 Å². The van der Waals surface area contributed by atoms with Crippen molar-refractivity contribution in [2.75, 3.05) is 18.5 Å². The summed E-state index contributed by atoms with van der Waals surface area (Å²) in [6.07, 6.45) is 0. The van der Waals surface area contributed by atoms with E-state index in [1.807, 2.05) is 55.6 Å². The predicted octanol–water partition coefficient (Wildman–Crippen LogP) is 6.75. The second kappa shape index (κ2) is 10.4. The number of halogens is 2. The van der Waals surface area contributed by atoms with Crippen LogP contribution >= 0.6 is 43.2 Å². The molecule has 31 heavy (non-hydrogen) atoms. The number of aryl methyl sites for hydroxylation is 2. The lowest BCUT2D eigenvalue weighted by atomic mass is 10.0. The average molecular weight is 567 g/mol. The first-order chi connectivity index (χ1) is 14.8. The van der Waals surface area contributed by atoms with E-state index in [0.717, 1.165) is 25.6 Å². The quantitative estimate of drug-likeness (QED) is 0.321. The molecular formula is C23H21Br2NO4S. The minimum Gasteiger partial charge on any atom is -0.483 e. The maximum Gasteiger partial charge on any atom is 0.341 e. The molecule has 162 valence electrons. The van der Waals surface area contributed by atoms with Gasteiger partial charge in [-0.15, -0.1) is 11.3 Å². The third-order valence-electron chi connectivity index (χ3n) is 4.45. The molecule has 0 aliphatic rings. The van der Waals surface area contributed by atoms with Gasteiger partial charge in [0.25, 0.3) is 5.91 Å². The minimum atomic E-state index is -0.475. The third kappa shape index (κ3) is 5.75. The van der Waals surface area contributed by atoms with Gasteiger partial charge in [-0.25, -0.2) is 4.79 Å². The maximum absolute atomic E-state index is 12.7. The van der Waals surface area contributed by atoms with E-state index >= 15 is 0 Å². The van der Waals surface area contributed by atoms with Gasteiger partial charge in [0.1, 0.15) is 16.3 Å². The minimum absolute atomic E-state index is 0.170. The average Bonchev–Trinajstić information content (AvgIpc) is 3.11. The number of carbonyl (C=O) groups is 2. The molecule has 0 saturated carbocycles. The molecule has 0 bridgehead atoms. The van der Waals surface area contributed by atoms with Crippen molar-refractivity contribution in [3.8, 4) is 16.9 Å². The fourth-order valence-corrected chi connectivity index (χ4v) is 5.05. The van der Waals surface area contributed by atoms with Crippen molar-refractivity contribution in [2.24, 2.45) is 0 Å². The van der Waals surface area contributed by atoms with E-state index in [-0.39, 0.29) is 19.1 Å². The molecule has 0 aliphatic carbocycles. The standard InChI is InChI=1S/C23H21Br2NO4S/c1-4-29-23(28)20-18(15-5-7-16(24)8-6-15)12-31-22(20)26-19(27)11-30-21-13(2)9-17(25)10-14(21)3/h5-10,12H,4,11H2,1-3H3,(H,26,27). The van der Waals surface area contributed by atoms with E-state index in [1.54, 1.807) is 6.92 Å². The largest absolute Gasteiger partial charge is 0.483 e. The number of amides is 1. The number of esters is 1. The Morgan fingerprint density at radius 1 is 1.03 bits per heavy atom. The zero-order chi connectivity index (χ0) is 22.5. The molecule has 5 nitrogen and oxygen atoms in total. The molecule has 0 saturated heterocycles. The fourth-order valence-electron chi connectivity index (χ4n) is 3.12. The van der Waals surface area contributed by atoms with Crippen LogP contribution in [0.15, 0.2) is 50.7 Å². The zero-order valence-electron chi connectivity index (χ0n) is 17.3. The van der Waals surface area contributed by atoms with Gasteiger partial charge in [0.15, 0.2) is 6.61 Å². The van der Waals surface area contributed by atoms with Crippen molar-refractivity contribution in [3.05, 3.63) is 67.4 Å². The summed E-state index contributed by atoms with van der Waals surface area (Å²) >= 11 is 8.15. The molecule has 0 radical (unpaired) electrons. The van der Waals surface area contributed by atoms with Crippen LogP contribution in [0.5, 0.6) is 5.75 Å². The zero-order valence-corrected chi connectivity index (χ0v) is 21.2. The highest BCUT2D eigenvalue weighted by molar-refractivity contribution is 9.10. The lowest BCUT2D eigenvalue weighted by Gasteiger charge is -2.13. The Morgan fingerprint density at radius 2 is 1.68 bits per heavy atom. The van der Waals surface area contributed by atoms with Crippen molar-refractivity contribution in [1.82, 2.24) is 0 Å². The lowest BCUT2D eigenvalue weighted by molar-refractivity contribution is -0.118. The Hall–Kier alpha value is -2.16. The number of ether oxygens (including phenoxy) is 2. The van der Waals surface area contributed by atoms with Crippen LogP contribution in [0.25, 0.3) is 11.1 Å². The second-order valence-electron chi connectivity index (χ2n) is 6.79. The van der Waals surface area contributed by atoms with Crippen LogP contribution in [0, 0.1) is 13.8 Å². The van der Waals surface area contributed by atoms with Crippen LogP contribution in [0.1, 0.15) is 28.4 Å². The summed E-state index contributed by atoms with van der Waals surface area (Å²) in [5.74, 6) is -0.153. The normalized spacial score (nSPS) is 10.6. The van der Waals surface area contributed by atoms with Gasteiger partial charge in [-0.1, -0.05) is 44.0 Å². The molecule has 1 heterocycles. The first kappa shape index (κ1) is 23.5. The van der Waals surface area contributed by atoms with Gasteiger partial charge in [0.05, 0.1) is 6.61 Å². The first-order valence-corrected chi connectivity index (χ1v) is 12.0. The van der Waals surface area contributed by atoms with Gasteiger partial charge in [0.2, 0.25) is 0 Å². The Morgan fingerprint density at radius 3 is 2.29 bits per heavy atom. The summed E-state index contributed by atoms with van der Waals surface area (Å²) in [6.45, 7) is 5.67. The SMILES string of the molecule is CCOC(=O)c1c(-c2ccc(Br)cc2)csc1NC(=O)COc1c(C)cc(Br)cc1C. The number of hydrogen-bond donors (Lipinski definition) is 1. The number of carbonyl (C=O) groups excluding carboxylic acids is 2. The summed E-state index contributed by atoms with van der Waals surface area (Å²) in [5.41, 5.74) is 3.78. The Kier molecular flexibility index (Phi) is 7.91. The van der Waals surface area contributed by atoms with Gasteiger partial charge in [-0.3, -0.25) is 4.79 Å². The molecule has 3 aromatic rings. The number of anilines is 1. The van der Waals surface area contributed by atoms with Crippen molar-refractivity contribution in [1.29, 1.82) is 0 Å². The first-order valence-electron chi connectivity index (χ1n) is 9.54. The molecule has 1 N–H and O–H groups in total. The molecular weight excluding hydrogens is 546 g/mol. The van der Waals surface area contributed by atoms with Gasteiger partial charge < -0.3 is 14.8 Å². The van der Waals surface area contributed by atoms with E-state index in [9.17, 15) is 9.59 Å². The highest BCUT2D eigenvalue weighted by atomic mass is 79.9. The van der Waals surface area contributed by atoms with Gasteiger partial charge in [-0.05, 0) is 61.7 Å². The third-order valence-corrected chi connectivity index (χ3v) is 6.33. The fraction of sp³-hybridized carbons (Fsp3) is 0.217. The molecule has 1 amide bonds. The van der Waals surface area contributed by atoms with E-state index in [2.05, 4.69) is 37.2 Å². The van der Waals surface area contributed by atoms with Crippen LogP contribution in [0.3, 0.4) is 0 Å². The Bertz CT molecular complexity index is 1090. The van der Waals surface area contributed by atoms with Crippen LogP contribution in [0.4, 0.5) is 5.00 Å². The van der Waals surface area contributed by atoms with E-state index < -0.39 is 5.97 Å². The number of thiophene rings is 1. The molecule has 2 aromatic carbocycles. The van der Waals surface area contributed by atoms with Crippen LogP contribution < -0.4 is 10.1 Å². The van der Waals surface area contributed by atoms with Crippen molar-refractivity contribution < 1.29 is 19.1 Å². The Balaban J connectivity index is 1.81. The smallest absolute Gasteiger partial charge is 0.341 e. The van der Waals surface area contributed by atoms with Gasteiger partial charge in [-0.2, -0.15) is 0 Å². The van der Waals surface area contributed by atoms with E-state index in [1.165, 1.54) is 11.3 Å². The summed E-state index contributed by atoms with van der Waals surface area (Å²) in [4.78, 5) is 25.3. The molecule has 3 rings (SSSR count). The summed E-state index contributed by atoms with van der Waals surface area (Å²) in [6, 6.07) is 11.5. The number of hydrogen-bond acceptors (Lipinski definition) is 5. The molecule has 0 aliphatic heterocycles. The predicted molar refractivity (Wildman–Crippen MR) is 131 cm³/mol. The monoisotopic (exact) mass is 565 g/mol. The van der Waals surface area contributed by atoms with Crippen molar-refractivity contribution >= 4 is 60.1 Å². The van der Waals surface area contributed by atoms with E-state index in [0.29, 0.717) is 21.9 Å². The van der Waals surface area contributed by atoms with Crippen molar-refractivity contribution in [3.63, 3.8) is 0 Å². The topological polar surface area (TPSA) is 64.6 Å². The molecule has 0 unspecified atom stereocenters. The molecule has 0 fully saturated rings. The van der Waals surface area contributed by atoms with Crippen molar-refractivity contribution in [2.45, 2.75) is 20.8 Å². The highest BCUT2D eigenvalue weighted by Gasteiger charge is 2.23. The number of rotatable bonds is 7. The molecule has 1 aromatic heterocycles. The summed E-state index contributed by atoms with van der Waals surface area (Å²) < 4.78 is 12.9. The highest BCUT2D eigenvalue weighted by Crippen LogP contribution is 2.37. The second-order valence-corrected chi connectivity index (χ2v) is 9.50.